The van der Waals surface area contributed by atoms with Gasteiger partial charge in [-0.2, -0.15) is 0 Å². The highest BCUT2D eigenvalue weighted by Gasteiger charge is 2.05. The van der Waals surface area contributed by atoms with Crippen molar-refractivity contribution in [3.8, 4) is 0 Å². The SMILES string of the molecule is CN=C(NCCc1ncc(C)s1)NCc1cc(F)ccc1F. The van der Waals surface area contributed by atoms with Crippen LogP contribution in [0.25, 0.3) is 0 Å². The molecule has 22 heavy (non-hydrogen) atoms. The number of halogens is 2. The van der Waals surface area contributed by atoms with E-state index in [1.807, 2.05) is 13.1 Å². The number of guanidine groups is 1. The summed E-state index contributed by atoms with van der Waals surface area (Å²) in [5.74, 6) is -0.361. The Bertz CT molecular complexity index is 655. The first-order valence-corrected chi connectivity index (χ1v) is 7.70. The zero-order valence-corrected chi connectivity index (χ0v) is 13.3. The van der Waals surface area contributed by atoms with Gasteiger partial charge in [-0.05, 0) is 25.1 Å². The van der Waals surface area contributed by atoms with Gasteiger partial charge >= 0.3 is 0 Å². The van der Waals surface area contributed by atoms with Gasteiger partial charge in [0.2, 0.25) is 0 Å². The fraction of sp³-hybridized carbons (Fsp3) is 0.333. The van der Waals surface area contributed by atoms with Gasteiger partial charge in [-0.25, -0.2) is 13.8 Å². The molecule has 0 amide bonds. The Hall–Kier alpha value is -2.02. The van der Waals surface area contributed by atoms with Crippen molar-refractivity contribution in [2.45, 2.75) is 19.9 Å². The normalized spacial score (nSPS) is 11.5. The maximum Gasteiger partial charge on any atom is 0.191 e. The van der Waals surface area contributed by atoms with Crippen LogP contribution < -0.4 is 10.6 Å². The molecule has 0 atom stereocenters. The summed E-state index contributed by atoms with van der Waals surface area (Å²) < 4.78 is 26.6. The van der Waals surface area contributed by atoms with E-state index in [0.29, 0.717) is 12.5 Å². The van der Waals surface area contributed by atoms with Crippen LogP contribution in [0.2, 0.25) is 0 Å². The lowest BCUT2D eigenvalue weighted by Crippen LogP contribution is -2.38. The molecule has 0 aliphatic heterocycles. The third-order valence-electron chi connectivity index (χ3n) is 2.98. The van der Waals surface area contributed by atoms with Crippen molar-refractivity contribution in [3.63, 3.8) is 0 Å². The van der Waals surface area contributed by atoms with Crippen molar-refractivity contribution >= 4 is 17.3 Å². The van der Waals surface area contributed by atoms with Crippen LogP contribution in [-0.4, -0.2) is 24.5 Å². The van der Waals surface area contributed by atoms with Crippen molar-refractivity contribution in [3.05, 3.63) is 51.5 Å². The van der Waals surface area contributed by atoms with E-state index in [9.17, 15) is 8.78 Å². The van der Waals surface area contributed by atoms with E-state index in [0.717, 1.165) is 23.6 Å². The number of benzene rings is 1. The molecule has 118 valence electrons. The standard InChI is InChI=1S/C15H18F2N4S/c1-10-8-20-14(22-10)5-6-19-15(18-2)21-9-11-7-12(16)3-4-13(11)17/h3-4,7-8H,5-6,9H2,1-2H3,(H2,18,19,21). The summed E-state index contributed by atoms with van der Waals surface area (Å²) in [6, 6.07) is 3.39. The third-order valence-corrected chi connectivity index (χ3v) is 3.95. The summed E-state index contributed by atoms with van der Waals surface area (Å²) in [4.78, 5) is 9.51. The minimum atomic E-state index is -0.458. The second-order valence-corrected chi connectivity index (χ2v) is 6.02. The molecule has 0 unspecified atom stereocenters. The van der Waals surface area contributed by atoms with Crippen LogP contribution in [-0.2, 0) is 13.0 Å². The Balaban J connectivity index is 1.81. The molecule has 0 aliphatic rings. The number of rotatable bonds is 5. The summed E-state index contributed by atoms with van der Waals surface area (Å²) in [5.41, 5.74) is 0.262. The Morgan fingerprint density at radius 2 is 2.14 bits per heavy atom. The van der Waals surface area contributed by atoms with E-state index in [4.69, 9.17) is 0 Å². The Labute approximate surface area is 132 Å². The molecule has 1 heterocycles. The van der Waals surface area contributed by atoms with Crippen LogP contribution in [0.1, 0.15) is 15.4 Å². The number of hydrogen-bond donors (Lipinski definition) is 2. The number of aliphatic imine (C=N–C) groups is 1. The zero-order valence-electron chi connectivity index (χ0n) is 12.5. The Morgan fingerprint density at radius 1 is 1.32 bits per heavy atom. The number of thiazole rings is 1. The van der Waals surface area contributed by atoms with E-state index < -0.39 is 11.6 Å². The van der Waals surface area contributed by atoms with Gasteiger partial charge in [-0.3, -0.25) is 4.99 Å². The second kappa shape index (κ2) is 7.84. The highest BCUT2D eigenvalue weighted by Crippen LogP contribution is 2.11. The van der Waals surface area contributed by atoms with Gasteiger partial charge in [0.05, 0.1) is 5.01 Å². The molecule has 0 radical (unpaired) electrons. The molecule has 0 spiro atoms. The maximum absolute atomic E-state index is 13.5. The molecule has 2 aromatic rings. The number of aryl methyl sites for hydroxylation is 1. The third kappa shape index (κ3) is 4.77. The lowest BCUT2D eigenvalue weighted by molar-refractivity contribution is 0.581. The molecule has 0 saturated carbocycles. The topological polar surface area (TPSA) is 49.3 Å². The smallest absolute Gasteiger partial charge is 0.191 e. The summed E-state index contributed by atoms with van der Waals surface area (Å²) in [6.07, 6.45) is 2.63. The number of aromatic nitrogens is 1. The molecular weight excluding hydrogens is 306 g/mol. The lowest BCUT2D eigenvalue weighted by atomic mass is 10.2. The summed E-state index contributed by atoms with van der Waals surface area (Å²) in [5, 5.41) is 7.13. The summed E-state index contributed by atoms with van der Waals surface area (Å²) in [7, 11) is 1.63. The summed E-state index contributed by atoms with van der Waals surface area (Å²) in [6.45, 7) is 2.85. The molecule has 2 N–H and O–H groups in total. The van der Waals surface area contributed by atoms with Gasteiger partial charge < -0.3 is 10.6 Å². The van der Waals surface area contributed by atoms with Crippen LogP contribution in [0.4, 0.5) is 8.78 Å². The van der Waals surface area contributed by atoms with Crippen LogP contribution in [0.5, 0.6) is 0 Å². The van der Waals surface area contributed by atoms with Gasteiger partial charge in [0.15, 0.2) is 5.96 Å². The van der Waals surface area contributed by atoms with E-state index >= 15 is 0 Å². The monoisotopic (exact) mass is 324 g/mol. The Kier molecular flexibility index (Phi) is 5.83. The van der Waals surface area contributed by atoms with Crippen LogP contribution in [0.3, 0.4) is 0 Å². The highest BCUT2D eigenvalue weighted by molar-refractivity contribution is 7.11. The first-order valence-electron chi connectivity index (χ1n) is 6.88. The predicted molar refractivity (Wildman–Crippen MR) is 85.1 cm³/mol. The molecule has 7 heteroatoms. The van der Waals surface area contributed by atoms with Gasteiger partial charge in [0.25, 0.3) is 0 Å². The molecule has 0 aliphatic carbocycles. The van der Waals surface area contributed by atoms with Crippen molar-refractivity contribution in [1.82, 2.24) is 15.6 Å². The number of hydrogen-bond acceptors (Lipinski definition) is 3. The molecular formula is C15H18F2N4S. The lowest BCUT2D eigenvalue weighted by Gasteiger charge is -2.12. The van der Waals surface area contributed by atoms with E-state index in [-0.39, 0.29) is 12.1 Å². The van der Waals surface area contributed by atoms with Crippen molar-refractivity contribution in [2.75, 3.05) is 13.6 Å². The average molecular weight is 324 g/mol. The van der Waals surface area contributed by atoms with Gasteiger partial charge in [-0.15, -0.1) is 11.3 Å². The highest BCUT2D eigenvalue weighted by atomic mass is 32.1. The Morgan fingerprint density at radius 3 is 2.82 bits per heavy atom. The molecule has 2 rings (SSSR count). The van der Waals surface area contributed by atoms with Crippen LogP contribution >= 0.6 is 11.3 Å². The fourth-order valence-electron chi connectivity index (χ4n) is 1.88. The molecule has 1 aromatic heterocycles. The second-order valence-electron chi connectivity index (χ2n) is 4.70. The summed E-state index contributed by atoms with van der Waals surface area (Å²) >= 11 is 1.66. The maximum atomic E-state index is 13.5. The minimum Gasteiger partial charge on any atom is -0.356 e. The largest absolute Gasteiger partial charge is 0.356 e. The average Bonchev–Trinajstić information content (AvgIpc) is 2.91. The molecule has 4 nitrogen and oxygen atoms in total. The van der Waals surface area contributed by atoms with Gasteiger partial charge in [0, 0.05) is 43.2 Å². The minimum absolute atomic E-state index is 0.166. The van der Waals surface area contributed by atoms with Crippen molar-refractivity contribution < 1.29 is 8.78 Å². The van der Waals surface area contributed by atoms with E-state index in [1.165, 1.54) is 10.9 Å². The van der Waals surface area contributed by atoms with E-state index in [1.54, 1.807) is 18.4 Å². The molecule has 0 fully saturated rings. The molecule has 0 saturated heterocycles. The van der Waals surface area contributed by atoms with Gasteiger partial charge in [0.1, 0.15) is 11.6 Å². The predicted octanol–water partition coefficient (Wildman–Crippen LogP) is 2.64. The zero-order chi connectivity index (χ0) is 15.9. The van der Waals surface area contributed by atoms with Crippen molar-refractivity contribution in [1.29, 1.82) is 0 Å². The quantitative estimate of drug-likeness (QED) is 0.657. The first-order chi connectivity index (χ1) is 10.6. The number of nitrogens with one attached hydrogen (secondary N) is 2. The number of nitrogens with zero attached hydrogens (tertiary/aromatic N) is 2. The van der Waals surface area contributed by atoms with E-state index in [2.05, 4.69) is 20.6 Å². The fourth-order valence-corrected chi connectivity index (χ4v) is 2.67. The van der Waals surface area contributed by atoms with Crippen LogP contribution in [0, 0.1) is 18.6 Å². The molecule has 1 aromatic carbocycles. The van der Waals surface area contributed by atoms with Gasteiger partial charge in [-0.1, -0.05) is 0 Å². The first kappa shape index (κ1) is 16.4. The van der Waals surface area contributed by atoms with Crippen molar-refractivity contribution in [2.24, 2.45) is 4.99 Å². The van der Waals surface area contributed by atoms with Crippen LogP contribution in [0.15, 0.2) is 29.4 Å². The molecule has 0 bridgehead atoms.